The number of phosphoric ester groups is 1. The lowest BCUT2D eigenvalue weighted by Crippen LogP contribution is -2.51. The van der Waals surface area contributed by atoms with Crippen molar-refractivity contribution in [1.29, 1.82) is 0 Å². The molecule has 0 radical (unpaired) electrons. The first-order chi connectivity index (χ1) is 41.0. The van der Waals surface area contributed by atoms with Gasteiger partial charge in [0.15, 0.2) is 12.0 Å². The number of carbonyl (C=O) groups excluding carboxylic acids is 4. The normalized spacial score (nSPS) is 17.2. The number of phosphoric acid groups is 1. The van der Waals surface area contributed by atoms with Gasteiger partial charge in [0.1, 0.15) is 37.2 Å². The number of rotatable bonds is 22. The summed E-state index contributed by atoms with van der Waals surface area (Å²) < 4.78 is 44.6. The molecule has 18 heteroatoms. The van der Waals surface area contributed by atoms with Crippen molar-refractivity contribution in [3.05, 3.63) is 266 Å². The largest absolute Gasteiger partial charge is 0.527 e. The lowest BCUT2D eigenvalue weighted by atomic mass is 9.84. The van der Waals surface area contributed by atoms with Crippen LogP contribution in [0.1, 0.15) is 107 Å². The van der Waals surface area contributed by atoms with Crippen LogP contribution in [0.15, 0.2) is 216 Å². The van der Waals surface area contributed by atoms with E-state index in [9.17, 15) is 38.2 Å². The molecule has 8 aromatic rings. The highest BCUT2D eigenvalue weighted by molar-refractivity contribution is 8.00. The smallest absolute Gasteiger partial charge is 0.462 e. The Morgan fingerprint density at radius 2 is 1.18 bits per heavy atom. The van der Waals surface area contributed by atoms with E-state index < -0.39 is 78.3 Å². The van der Waals surface area contributed by atoms with E-state index in [2.05, 4.69) is 78.1 Å². The molecule has 1 fully saturated rings. The average Bonchev–Trinajstić information content (AvgIpc) is 2.16. The summed E-state index contributed by atoms with van der Waals surface area (Å²) in [5.74, 6) is -1.50. The van der Waals surface area contributed by atoms with Crippen molar-refractivity contribution in [3.63, 3.8) is 0 Å². The molecule has 0 saturated carbocycles. The fraction of sp³-hybridized carbons (Fsp3) is 0.254. The Balaban J connectivity index is 0.855. The topological polar surface area (TPSA) is 208 Å². The van der Waals surface area contributed by atoms with Gasteiger partial charge >= 0.3 is 25.6 Å². The Morgan fingerprint density at radius 3 is 1.74 bits per heavy atom. The Kier molecular flexibility index (Phi) is 18.4. The van der Waals surface area contributed by atoms with Crippen LogP contribution in [0.3, 0.4) is 0 Å². The molecule has 1 aliphatic carbocycles. The van der Waals surface area contributed by atoms with Crippen molar-refractivity contribution >= 4 is 43.3 Å². The Labute approximate surface area is 496 Å². The van der Waals surface area contributed by atoms with E-state index in [1.807, 2.05) is 78.5 Å². The van der Waals surface area contributed by atoms with E-state index in [-0.39, 0.29) is 36.0 Å². The third-order valence-corrected chi connectivity index (χ3v) is 17.6. The van der Waals surface area contributed by atoms with E-state index in [1.54, 1.807) is 39.0 Å². The number of aromatic nitrogens is 2. The third kappa shape index (κ3) is 13.4. The summed E-state index contributed by atoms with van der Waals surface area (Å²) in [6.07, 6.45) is -2.47. The molecule has 2 unspecified atom stereocenters. The predicted molar refractivity (Wildman–Crippen MR) is 324 cm³/mol. The number of hydrogen-bond acceptors (Lipinski definition) is 13. The fourth-order valence-corrected chi connectivity index (χ4v) is 13.4. The summed E-state index contributed by atoms with van der Waals surface area (Å²) in [5, 5.41) is 2.67. The number of alkyl carbamates (subject to hydrolysis) is 1. The first-order valence-electron chi connectivity index (χ1n) is 28.0. The number of fused-ring (bicyclic) bond motifs is 3. The van der Waals surface area contributed by atoms with Gasteiger partial charge in [-0.1, -0.05) is 164 Å². The number of amides is 1. The second kappa shape index (κ2) is 26.2. The predicted octanol–water partition coefficient (Wildman–Crippen LogP) is 12.1. The van der Waals surface area contributed by atoms with Gasteiger partial charge in [-0.05, 0) is 115 Å². The van der Waals surface area contributed by atoms with Crippen molar-refractivity contribution in [2.45, 2.75) is 81.6 Å². The molecule has 2 aliphatic rings. The molecule has 5 atom stereocenters. The van der Waals surface area contributed by atoms with Crippen LogP contribution in [0.5, 0.6) is 5.75 Å². The number of nitrogens with one attached hydrogen (secondary N) is 1. The molecule has 1 aliphatic heterocycles. The highest BCUT2D eigenvalue weighted by Crippen LogP contribution is 2.51. The molecule has 16 nitrogen and oxygen atoms in total. The lowest BCUT2D eigenvalue weighted by Gasteiger charge is -2.35. The SMILES string of the molecule is CC(C)(C)C(=O)OC[C@H]1O[C@@H](n2ccc(=O)n(C(=O)c3ccccc3)c2=O)C(NC(=O)OCC2c3ccccc3-c3ccccc32)[C@H]1OP(=O)(O)Oc1ccc(C(=O)CCCCCSC(c2ccccc2)(c2ccccc2)c2ccccc2)cc1. The minimum atomic E-state index is -5.31. The number of Topliss-reactive ketones (excluding diaryl/α,β-unsaturated/α-hetero) is 1. The maximum absolute atomic E-state index is 14.4. The average molecular weight is 1180 g/mol. The molecule has 436 valence electrons. The fourth-order valence-electron chi connectivity index (χ4n) is 10.8. The van der Waals surface area contributed by atoms with Gasteiger partial charge in [-0.3, -0.25) is 33.2 Å². The van der Waals surface area contributed by atoms with Crippen molar-refractivity contribution in [1.82, 2.24) is 14.5 Å². The number of nitrogens with zero attached hydrogens (tertiary/aromatic N) is 2. The molecular formula is C67H64N3O13PS. The van der Waals surface area contributed by atoms with Gasteiger partial charge in [-0.15, -0.1) is 11.8 Å². The molecule has 1 saturated heterocycles. The van der Waals surface area contributed by atoms with Crippen LogP contribution in [0.4, 0.5) is 4.79 Å². The molecule has 0 spiro atoms. The standard InChI is InChI=1S/C67H64N3O13PS/c1-66(2,3)63(74)79-44-57-60(83-84(77,78)82-50-38-36-45(37-39-50)56(71)35-17-8-22-42-85-67(47-25-11-5-12-26-47,48-27-13-6-14-28-48)49-29-15-7-16-30-49)59(62(81-57)69-41-40-58(72)70(65(69)76)61(73)46-23-9-4-10-24-46)68-64(75)80-43-55-53-33-20-18-31-51(53)52-32-19-21-34-54(52)55/h4-7,9-16,18-21,23-34,36-41,55,57,59-60,62H,8,17,22,35,42-44H2,1-3H3,(H,68,75)(H,77,78)/t57-,59?,60+,62-/m1/s1. The summed E-state index contributed by atoms with van der Waals surface area (Å²) in [6, 6.07) is 59.4. The van der Waals surface area contributed by atoms with Gasteiger partial charge in [0.2, 0.25) is 0 Å². The number of unbranched alkanes of at least 4 members (excludes halogenated alkanes) is 2. The van der Waals surface area contributed by atoms with Gasteiger partial charge in [-0.2, -0.15) is 4.57 Å². The third-order valence-electron chi connectivity index (χ3n) is 15.0. The van der Waals surface area contributed by atoms with E-state index in [0.29, 0.717) is 16.6 Å². The van der Waals surface area contributed by atoms with Crippen LogP contribution in [0, 0.1) is 5.41 Å². The second-order valence-corrected chi connectivity index (χ2v) is 24.4. The summed E-state index contributed by atoms with van der Waals surface area (Å²) in [6.45, 7) is 4.04. The monoisotopic (exact) mass is 1180 g/mol. The highest BCUT2D eigenvalue weighted by Gasteiger charge is 2.52. The zero-order chi connectivity index (χ0) is 59.7. The van der Waals surface area contributed by atoms with Crippen LogP contribution in [0.2, 0.25) is 0 Å². The molecule has 1 amide bonds. The minimum absolute atomic E-state index is 0.0131. The van der Waals surface area contributed by atoms with Crippen molar-refractivity contribution in [3.8, 4) is 16.9 Å². The quantitative estimate of drug-likeness (QED) is 0.0213. The maximum atomic E-state index is 14.4. The number of hydrogen-bond donors (Lipinski definition) is 2. The summed E-state index contributed by atoms with van der Waals surface area (Å²) >= 11 is 1.87. The van der Waals surface area contributed by atoms with E-state index in [1.165, 1.54) is 53.1 Å². The molecule has 7 aromatic carbocycles. The second-order valence-electron chi connectivity index (χ2n) is 21.8. The van der Waals surface area contributed by atoms with Crippen molar-refractivity contribution in [2.24, 2.45) is 5.41 Å². The first kappa shape index (κ1) is 59.7. The first-order valence-corrected chi connectivity index (χ1v) is 30.5. The number of esters is 1. The van der Waals surface area contributed by atoms with Crippen LogP contribution >= 0.6 is 19.6 Å². The number of carbonyl (C=O) groups is 4. The van der Waals surface area contributed by atoms with Crippen molar-refractivity contribution in [2.75, 3.05) is 19.0 Å². The van der Waals surface area contributed by atoms with Crippen LogP contribution in [-0.4, -0.2) is 75.0 Å². The molecule has 0 bridgehead atoms. The molecule has 10 rings (SSSR count). The Bertz CT molecular complexity index is 3700. The van der Waals surface area contributed by atoms with Crippen LogP contribution in [-0.2, 0) is 32.8 Å². The van der Waals surface area contributed by atoms with Gasteiger partial charge in [0.05, 0.1) is 10.2 Å². The number of ketones is 1. The zero-order valence-corrected chi connectivity index (χ0v) is 48.8. The van der Waals surface area contributed by atoms with Crippen molar-refractivity contribution < 1.29 is 51.9 Å². The lowest BCUT2D eigenvalue weighted by molar-refractivity contribution is -0.159. The molecule has 85 heavy (non-hydrogen) atoms. The maximum Gasteiger partial charge on any atom is 0.527 e. The molecule has 2 heterocycles. The van der Waals surface area contributed by atoms with E-state index >= 15 is 0 Å². The van der Waals surface area contributed by atoms with Gasteiger partial charge in [0, 0.05) is 35.7 Å². The molecule has 1 aromatic heterocycles. The number of ether oxygens (including phenoxy) is 3. The summed E-state index contributed by atoms with van der Waals surface area (Å²) in [5.41, 5.74) is 4.49. The Hall–Kier alpha value is -8.44. The minimum Gasteiger partial charge on any atom is -0.462 e. The zero-order valence-electron chi connectivity index (χ0n) is 47.1. The van der Waals surface area contributed by atoms with Gasteiger partial charge < -0.3 is 24.1 Å². The van der Waals surface area contributed by atoms with E-state index in [0.717, 1.165) is 57.7 Å². The van der Waals surface area contributed by atoms with Gasteiger partial charge in [-0.25, -0.2) is 14.2 Å². The number of benzene rings is 7. The molecule has 2 N–H and O–H groups in total. The van der Waals surface area contributed by atoms with Gasteiger partial charge in [0.25, 0.3) is 11.5 Å². The highest BCUT2D eigenvalue weighted by atomic mass is 32.2. The summed E-state index contributed by atoms with van der Waals surface area (Å²) in [7, 11) is -5.31. The number of thioether (sulfide) groups is 1. The molecular weight excluding hydrogens is 1120 g/mol. The van der Waals surface area contributed by atoms with E-state index in [4.69, 9.17) is 23.3 Å². The summed E-state index contributed by atoms with van der Waals surface area (Å²) in [4.78, 5) is 94.2. The Morgan fingerprint density at radius 1 is 0.635 bits per heavy atom. The van der Waals surface area contributed by atoms with Crippen LogP contribution in [0.25, 0.3) is 11.1 Å². The van der Waals surface area contributed by atoms with Crippen LogP contribution < -0.4 is 21.1 Å².